The Morgan fingerprint density at radius 1 is 0.738 bits per heavy atom. The van der Waals surface area contributed by atoms with Crippen LogP contribution in [0.3, 0.4) is 0 Å². The molecule has 4 heterocycles. The Hall–Kier alpha value is -8.16. The normalized spacial score (nSPS) is 11.8. The lowest BCUT2D eigenvalue weighted by atomic mass is 10.2. The molecule has 0 spiro atoms. The van der Waals surface area contributed by atoms with Crippen LogP contribution in [0.5, 0.6) is 23.0 Å². The zero-order valence-electron chi connectivity index (χ0n) is 37.3. The highest BCUT2D eigenvalue weighted by molar-refractivity contribution is 5.84. The van der Waals surface area contributed by atoms with Crippen LogP contribution < -0.4 is 39.8 Å². The van der Waals surface area contributed by atoms with Gasteiger partial charge in [-0.1, -0.05) is 0 Å². The van der Waals surface area contributed by atoms with Gasteiger partial charge in [0.1, 0.15) is 0 Å². The molecule has 2 amide bonds. The number of hydrogen-bond acceptors (Lipinski definition) is 14. The van der Waals surface area contributed by atoms with Crippen LogP contribution in [-0.4, -0.2) is 108 Å². The lowest BCUT2D eigenvalue weighted by molar-refractivity contribution is -0.124. The minimum atomic E-state index is -0.295. The molecule has 0 saturated heterocycles. The molecule has 0 bridgehead atoms. The number of rotatable bonds is 18. The molecule has 4 aromatic carbocycles. The number of nitrogens with zero attached hydrogens (tertiary/aromatic N) is 10. The summed E-state index contributed by atoms with van der Waals surface area (Å²) >= 11 is 0. The molecule has 0 radical (unpaired) electrons. The summed E-state index contributed by atoms with van der Waals surface area (Å²) in [6, 6.07) is 22.3. The van der Waals surface area contributed by atoms with Crippen LogP contribution in [0.1, 0.15) is 20.8 Å². The lowest BCUT2D eigenvalue weighted by Gasteiger charge is -2.17. The summed E-state index contributed by atoms with van der Waals surface area (Å²) in [5, 5.41) is 32.0. The third-order valence-corrected chi connectivity index (χ3v) is 10.4. The zero-order valence-corrected chi connectivity index (χ0v) is 37.3. The van der Waals surface area contributed by atoms with Crippen LogP contribution in [0, 0.1) is 0 Å². The number of hydrogen-bond donors (Lipinski definition) is 4. The van der Waals surface area contributed by atoms with Gasteiger partial charge in [-0.3, -0.25) is 19.4 Å². The van der Waals surface area contributed by atoms with E-state index in [0.29, 0.717) is 58.7 Å². The van der Waals surface area contributed by atoms with Crippen molar-refractivity contribution in [3.05, 3.63) is 85.2 Å². The van der Waals surface area contributed by atoms with Gasteiger partial charge < -0.3 is 39.8 Å². The van der Waals surface area contributed by atoms with Crippen LogP contribution in [0.15, 0.2) is 85.2 Å². The van der Waals surface area contributed by atoms with Gasteiger partial charge in [-0.05, 0) is 93.6 Å². The van der Waals surface area contributed by atoms with E-state index >= 15 is 0 Å². The van der Waals surface area contributed by atoms with Gasteiger partial charge in [0.05, 0.1) is 44.2 Å². The Morgan fingerprint density at radius 2 is 1.40 bits per heavy atom. The number of carbonyl (C=O) groups excluding carboxylic acids is 2. The molecule has 0 aliphatic carbocycles. The van der Waals surface area contributed by atoms with E-state index in [9.17, 15) is 9.59 Å². The smallest absolute Gasteiger partial charge is 0.258 e. The molecule has 4 N–H and O–H groups in total. The Labute approximate surface area is 373 Å². The molecule has 0 fully saturated rings. The van der Waals surface area contributed by atoms with Crippen molar-refractivity contribution in [2.45, 2.75) is 39.4 Å². The second-order valence-corrected chi connectivity index (χ2v) is 15.7. The fourth-order valence-electron chi connectivity index (χ4n) is 7.22. The third-order valence-electron chi connectivity index (χ3n) is 10.4. The quantitative estimate of drug-likeness (QED) is 0.0835. The van der Waals surface area contributed by atoms with Gasteiger partial charge in [-0.2, -0.15) is 20.2 Å². The van der Waals surface area contributed by atoms with Crippen molar-refractivity contribution in [3.63, 3.8) is 0 Å². The van der Waals surface area contributed by atoms with Crippen molar-refractivity contribution in [2.24, 2.45) is 14.1 Å². The first-order chi connectivity index (χ1) is 31.3. The summed E-state index contributed by atoms with van der Waals surface area (Å²) in [6.07, 6.45) is 3.56. The number of methoxy groups -OCH3 is 2. The van der Waals surface area contributed by atoms with E-state index < -0.39 is 0 Å². The number of aromatic amines is 1. The molecule has 8 aromatic rings. The number of H-pyrrole nitrogens is 1. The van der Waals surface area contributed by atoms with Crippen molar-refractivity contribution in [1.29, 1.82) is 0 Å². The van der Waals surface area contributed by atoms with E-state index in [1.165, 1.54) is 7.11 Å². The average Bonchev–Trinajstić information content (AvgIpc) is 4.10. The first kappa shape index (κ1) is 43.5. The second kappa shape index (κ2) is 18.7. The van der Waals surface area contributed by atoms with Crippen LogP contribution in [-0.2, 0) is 30.2 Å². The predicted octanol–water partition coefficient (Wildman–Crippen LogP) is 5.52. The molecule has 1 atom stereocenters. The average molecular weight is 883 g/mol. The first-order valence-corrected chi connectivity index (χ1v) is 20.8. The van der Waals surface area contributed by atoms with Gasteiger partial charge in [-0.25, -0.2) is 9.36 Å². The van der Waals surface area contributed by atoms with Crippen molar-refractivity contribution in [2.75, 3.05) is 44.7 Å². The number of ether oxygens (including phenoxy) is 4. The number of aryl methyl sites for hydroxylation is 2. The summed E-state index contributed by atoms with van der Waals surface area (Å²) in [4.78, 5) is 36.6. The van der Waals surface area contributed by atoms with Gasteiger partial charge in [0.2, 0.25) is 11.9 Å². The van der Waals surface area contributed by atoms with Crippen LogP contribution >= 0.6 is 0 Å². The van der Waals surface area contributed by atoms with Crippen molar-refractivity contribution < 1.29 is 28.5 Å². The summed E-state index contributed by atoms with van der Waals surface area (Å²) in [7, 11) is 8.64. The van der Waals surface area contributed by atoms with E-state index in [0.717, 1.165) is 38.7 Å². The van der Waals surface area contributed by atoms with E-state index in [2.05, 4.69) is 41.4 Å². The topological polar surface area (TPSA) is 218 Å². The molecule has 4 aromatic heterocycles. The lowest BCUT2D eigenvalue weighted by Crippen LogP contribution is -2.38. The molecule has 336 valence electrons. The zero-order chi connectivity index (χ0) is 45.8. The fourth-order valence-corrected chi connectivity index (χ4v) is 7.22. The Kier molecular flexibility index (Phi) is 12.5. The number of nitrogens with one attached hydrogen (secondary N) is 4. The molecule has 0 aliphatic rings. The second-order valence-electron chi connectivity index (χ2n) is 15.7. The van der Waals surface area contributed by atoms with Crippen LogP contribution in [0.25, 0.3) is 44.6 Å². The van der Waals surface area contributed by atoms with Gasteiger partial charge in [0.25, 0.3) is 11.8 Å². The molecule has 8 rings (SSSR count). The maximum atomic E-state index is 13.1. The van der Waals surface area contributed by atoms with E-state index in [1.807, 2.05) is 93.0 Å². The maximum Gasteiger partial charge on any atom is 0.258 e. The molecule has 20 heteroatoms. The highest BCUT2D eigenvalue weighted by Gasteiger charge is 2.19. The maximum absolute atomic E-state index is 13.1. The number of benzene rings is 4. The fraction of sp³-hybridized carbons (Fsp3) is 0.289. The summed E-state index contributed by atoms with van der Waals surface area (Å²) in [6.45, 7) is 5.76. The first-order valence-electron chi connectivity index (χ1n) is 20.8. The highest BCUT2D eigenvalue weighted by Crippen LogP contribution is 2.34. The van der Waals surface area contributed by atoms with Gasteiger partial charge in [-0.15, -0.1) is 10.2 Å². The Bertz CT molecular complexity index is 2990. The summed E-state index contributed by atoms with van der Waals surface area (Å²) < 4.78 is 28.0. The van der Waals surface area contributed by atoms with E-state index in [-0.39, 0.29) is 37.1 Å². The number of aromatic nitrogens is 10. The van der Waals surface area contributed by atoms with Gasteiger partial charge in [0.15, 0.2) is 47.9 Å². The van der Waals surface area contributed by atoms with E-state index in [1.54, 1.807) is 60.2 Å². The van der Waals surface area contributed by atoms with Crippen LogP contribution in [0.4, 0.5) is 23.3 Å². The van der Waals surface area contributed by atoms with E-state index in [4.69, 9.17) is 28.9 Å². The van der Waals surface area contributed by atoms with Crippen molar-refractivity contribution >= 4 is 56.9 Å². The number of carbonyl (C=O) groups is 2. The molecular formula is C45H50N14O6. The summed E-state index contributed by atoms with van der Waals surface area (Å²) in [5.41, 5.74) is 5.00. The van der Waals surface area contributed by atoms with Gasteiger partial charge >= 0.3 is 0 Å². The molecule has 1 unspecified atom stereocenters. The molecule has 0 saturated carbocycles. The molecule has 65 heavy (non-hydrogen) atoms. The Balaban J connectivity index is 0.848. The Morgan fingerprint density at radius 3 is 2.08 bits per heavy atom. The SMILES string of the molecule is COc1cc(-c2nc(Nc3ccc4c(cnn4CC(C)NC(=O)COc4ccc(-c5nc(N(C)c6ccc7[nH]ncc7c6)n(C)n5)cc4OC)c3)n(C)n2)ccc1OCC(=O)NC(C)C. The molecule has 0 aliphatic heterocycles. The number of anilines is 4. The molecule has 20 nitrogen and oxygen atoms in total. The number of fused-ring (bicyclic) bond motifs is 2. The summed E-state index contributed by atoms with van der Waals surface area (Å²) in [5.74, 6) is 3.36. The van der Waals surface area contributed by atoms with Gasteiger partial charge in [0, 0.05) is 66.5 Å². The minimum Gasteiger partial charge on any atom is -0.493 e. The highest BCUT2D eigenvalue weighted by atomic mass is 16.5. The van der Waals surface area contributed by atoms with Crippen molar-refractivity contribution in [1.82, 2.24) is 60.1 Å². The molecular weight excluding hydrogens is 833 g/mol. The van der Waals surface area contributed by atoms with Crippen LogP contribution in [0.2, 0.25) is 0 Å². The number of amides is 2. The van der Waals surface area contributed by atoms with Crippen molar-refractivity contribution in [3.8, 4) is 45.8 Å². The monoisotopic (exact) mass is 882 g/mol. The predicted molar refractivity (Wildman–Crippen MR) is 245 cm³/mol. The largest absolute Gasteiger partial charge is 0.493 e. The third kappa shape index (κ3) is 9.75. The standard InChI is InChI=1S/C45H50N14O6/c1-26(2)48-40(60)24-64-36-15-9-28(19-38(36)62-7)42-51-44(57(5)54-42)50-32-11-14-35-31(17-32)22-47-59(35)23-27(3)49-41(61)25-65-37-16-10-29(20-39(37)63-8)43-52-45(58(6)55-43)56(4)33-12-13-34-30(18-33)21-46-53-34/h9-22,26-27H,23-25H2,1-8H3,(H,46,53)(H,48,60)(H,49,61)(H,50,51,54). The minimum absolute atomic E-state index is 0.0121.